The van der Waals surface area contributed by atoms with Gasteiger partial charge in [0, 0.05) is 18.3 Å². The van der Waals surface area contributed by atoms with E-state index in [9.17, 15) is 9.59 Å². The molecule has 0 spiro atoms. The van der Waals surface area contributed by atoms with Crippen LogP contribution in [0.2, 0.25) is 0 Å². The highest BCUT2D eigenvalue weighted by atomic mass is 16.5. The molecule has 4 aromatic rings. The Morgan fingerprint density at radius 2 is 1.86 bits per heavy atom. The smallest absolute Gasteiger partial charge is 0.327 e. The summed E-state index contributed by atoms with van der Waals surface area (Å²) in [4.78, 5) is 39.3. The molecule has 9 heteroatoms. The van der Waals surface area contributed by atoms with Gasteiger partial charge in [-0.2, -0.15) is 0 Å². The van der Waals surface area contributed by atoms with E-state index in [1.165, 1.54) is 5.56 Å². The van der Waals surface area contributed by atoms with Crippen molar-refractivity contribution < 1.29 is 4.74 Å². The fourth-order valence-corrected chi connectivity index (χ4v) is 2.83. The fourth-order valence-electron chi connectivity index (χ4n) is 2.83. The summed E-state index contributed by atoms with van der Waals surface area (Å²) in [7, 11) is 1.65. The van der Waals surface area contributed by atoms with E-state index in [2.05, 4.69) is 30.2 Å². The monoisotopic (exact) mass is 378 g/mol. The highest BCUT2D eigenvalue weighted by molar-refractivity contribution is 5.74. The molecule has 0 fully saturated rings. The Morgan fingerprint density at radius 3 is 2.57 bits per heavy atom. The highest BCUT2D eigenvalue weighted by Crippen LogP contribution is 2.18. The van der Waals surface area contributed by atoms with Crippen LogP contribution in [0, 0.1) is 0 Å². The molecular weight excluding hydrogens is 360 g/mol. The van der Waals surface area contributed by atoms with Gasteiger partial charge in [-0.1, -0.05) is 12.1 Å². The molecule has 0 aliphatic rings. The predicted octanol–water partition coefficient (Wildman–Crippen LogP) is 1.66. The molecule has 1 aromatic carbocycles. The molecular formula is C19H18N6O3. The van der Waals surface area contributed by atoms with Gasteiger partial charge in [-0.25, -0.2) is 14.8 Å². The van der Waals surface area contributed by atoms with Crippen molar-refractivity contribution in [2.45, 2.75) is 6.42 Å². The molecule has 3 heterocycles. The Bertz CT molecular complexity index is 1210. The van der Waals surface area contributed by atoms with Crippen molar-refractivity contribution in [2.24, 2.45) is 0 Å². The van der Waals surface area contributed by atoms with Gasteiger partial charge in [0.25, 0.3) is 5.56 Å². The molecule has 0 saturated heterocycles. The van der Waals surface area contributed by atoms with Crippen molar-refractivity contribution in [2.75, 3.05) is 19.0 Å². The first kappa shape index (κ1) is 17.5. The van der Waals surface area contributed by atoms with Crippen LogP contribution in [0.5, 0.6) is 5.75 Å². The number of imidazole rings is 1. The molecule has 0 amide bonds. The molecule has 0 aliphatic carbocycles. The van der Waals surface area contributed by atoms with E-state index in [0.717, 1.165) is 24.5 Å². The summed E-state index contributed by atoms with van der Waals surface area (Å²) in [6.07, 6.45) is 2.51. The van der Waals surface area contributed by atoms with Crippen LogP contribution in [0.3, 0.4) is 0 Å². The number of hydrogen-bond acceptors (Lipinski definition) is 6. The number of aromatic amines is 3. The molecule has 0 saturated carbocycles. The largest absolute Gasteiger partial charge is 0.497 e. The third kappa shape index (κ3) is 3.63. The lowest BCUT2D eigenvalue weighted by molar-refractivity contribution is 0.414. The van der Waals surface area contributed by atoms with Crippen LogP contribution >= 0.6 is 0 Å². The van der Waals surface area contributed by atoms with Crippen LogP contribution in [0.1, 0.15) is 5.56 Å². The number of anilines is 1. The molecule has 0 atom stereocenters. The van der Waals surface area contributed by atoms with Gasteiger partial charge in [0.1, 0.15) is 22.9 Å². The van der Waals surface area contributed by atoms with Gasteiger partial charge in [0.15, 0.2) is 5.65 Å². The van der Waals surface area contributed by atoms with Crippen LogP contribution in [-0.4, -0.2) is 38.6 Å². The summed E-state index contributed by atoms with van der Waals surface area (Å²) in [5, 5.41) is 3.27. The van der Waals surface area contributed by atoms with Crippen molar-refractivity contribution in [3.63, 3.8) is 0 Å². The maximum Gasteiger partial charge on any atom is 0.327 e. The first-order valence-corrected chi connectivity index (χ1v) is 8.68. The number of H-pyrrole nitrogens is 3. The molecule has 0 aliphatic heterocycles. The zero-order valence-corrected chi connectivity index (χ0v) is 15.1. The Balaban J connectivity index is 1.43. The Hall–Kier alpha value is -3.88. The molecule has 9 nitrogen and oxygen atoms in total. The average molecular weight is 378 g/mol. The van der Waals surface area contributed by atoms with E-state index in [1.807, 2.05) is 36.4 Å². The molecule has 0 radical (unpaired) electrons. The molecule has 4 N–H and O–H groups in total. The van der Waals surface area contributed by atoms with Crippen LogP contribution in [-0.2, 0) is 6.42 Å². The molecule has 3 aromatic heterocycles. The lowest BCUT2D eigenvalue weighted by Crippen LogP contribution is -2.21. The van der Waals surface area contributed by atoms with Gasteiger partial charge in [-0.05, 0) is 36.2 Å². The van der Waals surface area contributed by atoms with E-state index in [0.29, 0.717) is 11.4 Å². The number of benzene rings is 1. The van der Waals surface area contributed by atoms with Gasteiger partial charge < -0.3 is 15.0 Å². The van der Waals surface area contributed by atoms with E-state index >= 15 is 0 Å². The first-order valence-electron chi connectivity index (χ1n) is 8.68. The highest BCUT2D eigenvalue weighted by Gasteiger charge is 2.09. The maximum absolute atomic E-state index is 11.8. The number of aromatic nitrogens is 5. The third-order valence-corrected chi connectivity index (χ3v) is 4.31. The summed E-state index contributed by atoms with van der Waals surface area (Å²) in [5.41, 5.74) is 1.23. The summed E-state index contributed by atoms with van der Waals surface area (Å²) in [6.45, 7) is 0.736. The second kappa shape index (κ2) is 7.39. The SMILES string of the molecule is COc1ccc(CCNc2ccc(-c3nc4[nH]c(=O)[nH]c(=O)c4[nH]3)cn2)cc1. The topological polar surface area (TPSA) is 129 Å². The zero-order valence-electron chi connectivity index (χ0n) is 15.1. The summed E-state index contributed by atoms with van der Waals surface area (Å²) in [5.74, 6) is 2.03. The molecule has 0 unspecified atom stereocenters. The number of rotatable bonds is 6. The van der Waals surface area contributed by atoms with Crippen molar-refractivity contribution in [3.05, 3.63) is 69.0 Å². The predicted molar refractivity (Wildman–Crippen MR) is 106 cm³/mol. The van der Waals surface area contributed by atoms with E-state index < -0.39 is 11.2 Å². The van der Waals surface area contributed by atoms with Crippen molar-refractivity contribution in [1.29, 1.82) is 0 Å². The van der Waals surface area contributed by atoms with Crippen LogP contribution in [0.4, 0.5) is 5.82 Å². The summed E-state index contributed by atoms with van der Waals surface area (Å²) < 4.78 is 5.15. The summed E-state index contributed by atoms with van der Waals surface area (Å²) >= 11 is 0. The average Bonchev–Trinajstić information content (AvgIpc) is 3.13. The standard InChI is InChI=1S/C19H18N6O3/c1-28-13-5-2-11(3-6-13)8-9-20-14-7-4-12(10-21-14)16-22-15-17(23-16)24-19(27)25-18(15)26/h2-7,10H,8-9H2,1H3,(H,20,21)(H3,22,23,24,25,26,27). The number of fused-ring (bicyclic) bond motifs is 1. The van der Waals surface area contributed by atoms with Crippen molar-refractivity contribution in [3.8, 4) is 17.1 Å². The van der Waals surface area contributed by atoms with E-state index in [1.54, 1.807) is 13.3 Å². The Morgan fingerprint density at radius 1 is 1.04 bits per heavy atom. The molecule has 0 bridgehead atoms. The molecule has 28 heavy (non-hydrogen) atoms. The molecule has 142 valence electrons. The number of methoxy groups -OCH3 is 1. The number of ether oxygens (including phenoxy) is 1. The van der Waals surface area contributed by atoms with Gasteiger partial charge in [0.05, 0.1) is 7.11 Å². The van der Waals surface area contributed by atoms with Gasteiger partial charge in [-0.15, -0.1) is 0 Å². The first-order chi connectivity index (χ1) is 13.6. The van der Waals surface area contributed by atoms with Crippen molar-refractivity contribution in [1.82, 2.24) is 24.9 Å². The van der Waals surface area contributed by atoms with E-state index in [4.69, 9.17) is 4.74 Å². The minimum Gasteiger partial charge on any atom is -0.497 e. The molecule has 4 rings (SSSR count). The van der Waals surface area contributed by atoms with Gasteiger partial charge in [-0.3, -0.25) is 14.8 Å². The lowest BCUT2D eigenvalue weighted by Gasteiger charge is -2.07. The second-order valence-electron chi connectivity index (χ2n) is 6.17. The van der Waals surface area contributed by atoms with Gasteiger partial charge >= 0.3 is 5.69 Å². The zero-order chi connectivity index (χ0) is 19.5. The number of nitrogens with zero attached hydrogens (tertiary/aromatic N) is 2. The van der Waals surface area contributed by atoms with Crippen LogP contribution < -0.4 is 21.3 Å². The van der Waals surface area contributed by atoms with Gasteiger partial charge in [0.2, 0.25) is 0 Å². The normalized spacial score (nSPS) is 10.9. The lowest BCUT2D eigenvalue weighted by atomic mass is 10.1. The van der Waals surface area contributed by atoms with E-state index in [-0.39, 0.29) is 11.2 Å². The Kier molecular flexibility index (Phi) is 4.63. The number of nitrogens with one attached hydrogen (secondary N) is 4. The van der Waals surface area contributed by atoms with Crippen LogP contribution in [0.15, 0.2) is 52.2 Å². The fraction of sp³-hybridized carbons (Fsp3) is 0.158. The summed E-state index contributed by atoms with van der Waals surface area (Å²) in [6, 6.07) is 11.6. The Labute approximate surface area is 158 Å². The maximum atomic E-state index is 11.8. The third-order valence-electron chi connectivity index (χ3n) is 4.31. The quantitative estimate of drug-likeness (QED) is 0.404. The van der Waals surface area contributed by atoms with Crippen LogP contribution in [0.25, 0.3) is 22.6 Å². The second-order valence-corrected chi connectivity index (χ2v) is 6.17. The minimum absolute atomic E-state index is 0.213. The number of pyridine rings is 1. The van der Waals surface area contributed by atoms with Crippen molar-refractivity contribution >= 4 is 17.0 Å². The minimum atomic E-state index is -0.593. The number of hydrogen-bond donors (Lipinski definition) is 4.